The van der Waals surface area contributed by atoms with E-state index in [-0.39, 0.29) is 23.1 Å². The molecular formula is C23H21N4O4S2-. The van der Waals surface area contributed by atoms with Crippen LogP contribution in [0.25, 0.3) is 11.0 Å². The summed E-state index contributed by atoms with van der Waals surface area (Å²) in [6.45, 7) is 3.93. The van der Waals surface area contributed by atoms with Crippen LogP contribution in [0.1, 0.15) is 20.3 Å². The zero-order chi connectivity index (χ0) is 23.4. The van der Waals surface area contributed by atoms with Crippen LogP contribution in [-0.2, 0) is 14.8 Å². The Morgan fingerprint density at radius 1 is 1.06 bits per heavy atom. The molecule has 0 fully saturated rings. The van der Waals surface area contributed by atoms with Gasteiger partial charge in [-0.05, 0) is 48.3 Å². The molecule has 0 radical (unpaired) electrons. The Labute approximate surface area is 196 Å². The Bertz CT molecular complexity index is 1380. The molecule has 0 spiro atoms. The van der Waals surface area contributed by atoms with Gasteiger partial charge in [0.1, 0.15) is 5.04 Å². The van der Waals surface area contributed by atoms with Gasteiger partial charge in [-0.1, -0.05) is 55.9 Å². The van der Waals surface area contributed by atoms with Gasteiger partial charge in [0, 0.05) is 5.57 Å². The number of fused-ring (bicyclic) bond motifs is 1. The Hall–Kier alpha value is -3.37. The molecule has 3 aromatic rings. The molecule has 0 aliphatic carbocycles. The van der Waals surface area contributed by atoms with E-state index in [2.05, 4.69) is 19.7 Å². The topological polar surface area (TPSA) is 117 Å². The van der Waals surface area contributed by atoms with E-state index in [0.29, 0.717) is 28.1 Å². The van der Waals surface area contributed by atoms with Crippen molar-refractivity contribution in [3.8, 4) is 0 Å². The summed E-state index contributed by atoms with van der Waals surface area (Å²) in [7, 11) is -3.93. The third kappa shape index (κ3) is 5.01. The second-order valence-electron chi connectivity index (χ2n) is 6.92. The lowest BCUT2D eigenvalue weighted by atomic mass is 10.2. The van der Waals surface area contributed by atoms with Crippen molar-refractivity contribution >= 4 is 49.5 Å². The zero-order valence-corrected chi connectivity index (χ0v) is 19.6. The fraction of sp³-hybridized carbons (Fsp3) is 0.174. The number of allylic oxidation sites excluding steroid dienone is 2. The normalized spacial score (nSPS) is 16.7. The second-order valence-corrected chi connectivity index (χ2v) is 9.72. The Balaban J connectivity index is 1.84. The molecular weight excluding hydrogens is 460 g/mol. The summed E-state index contributed by atoms with van der Waals surface area (Å²) in [5.41, 5.74) is 1.36. The number of sulfonamides is 1. The lowest BCUT2D eigenvalue weighted by molar-refractivity contribution is -0.357. The molecule has 1 aromatic heterocycles. The highest BCUT2D eigenvalue weighted by Gasteiger charge is 2.22. The first kappa shape index (κ1) is 22.8. The van der Waals surface area contributed by atoms with Gasteiger partial charge >= 0.3 is 0 Å². The Kier molecular flexibility index (Phi) is 6.66. The van der Waals surface area contributed by atoms with E-state index in [1.165, 1.54) is 23.9 Å². The first-order valence-electron chi connectivity index (χ1n) is 10.3. The van der Waals surface area contributed by atoms with Crippen molar-refractivity contribution in [1.29, 1.82) is 0 Å². The van der Waals surface area contributed by atoms with Crippen molar-refractivity contribution in [3.63, 3.8) is 0 Å². The van der Waals surface area contributed by atoms with Crippen LogP contribution in [-0.4, -0.2) is 30.0 Å². The van der Waals surface area contributed by atoms with Gasteiger partial charge < -0.3 is 9.84 Å². The summed E-state index contributed by atoms with van der Waals surface area (Å²) in [6.07, 6.45) is 2.45. The van der Waals surface area contributed by atoms with Crippen molar-refractivity contribution in [2.24, 2.45) is 4.99 Å². The van der Waals surface area contributed by atoms with Gasteiger partial charge in [0.2, 0.25) is 0 Å². The predicted molar refractivity (Wildman–Crippen MR) is 129 cm³/mol. The van der Waals surface area contributed by atoms with Crippen LogP contribution < -0.4 is 9.83 Å². The number of rotatable bonds is 7. The molecule has 170 valence electrons. The number of ether oxygens (including phenoxy) is 1. The molecule has 2 heterocycles. The number of aliphatic imine (C=N–C) groups is 1. The first-order valence-corrected chi connectivity index (χ1v) is 12.6. The van der Waals surface area contributed by atoms with Gasteiger partial charge in [0.05, 0.1) is 21.9 Å². The average Bonchev–Trinajstić information content (AvgIpc) is 3.23. The Morgan fingerprint density at radius 2 is 1.73 bits per heavy atom. The molecule has 0 unspecified atom stereocenters. The molecule has 33 heavy (non-hydrogen) atoms. The SMILES string of the molecule is CCOC([O-])=C1C=C(CC)SC1=Nc1nc2ccccc2nc1NS(=O)(=O)c1ccccc1. The molecule has 4 rings (SSSR count). The maximum Gasteiger partial charge on any atom is 0.263 e. The molecule has 10 heteroatoms. The van der Waals surface area contributed by atoms with Crippen molar-refractivity contribution in [2.45, 2.75) is 25.2 Å². The molecule has 2 aromatic carbocycles. The molecule has 0 saturated carbocycles. The number of anilines is 1. The minimum Gasteiger partial charge on any atom is -0.613 e. The molecule has 0 saturated heterocycles. The number of nitrogens with zero attached hydrogens (tertiary/aromatic N) is 3. The van der Waals surface area contributed by atoms with Crippen molar-refractivity contribution in [2.75, 3.05) is 11.3 Å². The van der Waals surface area contributed by atoms with Crippen LogP contribution in [0.3, 0.4) is 0 Å². The van der Waals surface area contributed by atoms with Crippen LogP contribution in [0.15, 0.2) is 87.0 Å². The number of aromatic nitrogens is 2. The van der Waals surface area contributed by atoms with E-state index in [1.54, 1.807) is 55.5 Å². The van der Waals surface area contributed by atoms with Gasteiger partial charge in [0.15, 0.2) is 11.6 Å². The highest BCUT2D eigenvalue weighted by molar-refractivity contribution is 8.18. The quantitative estimate of drug-likeness (QED) is 0.505. The summed E-state index contributed by atoms with van der Waals surface area (Å²) < 4.78 is 33.6. The number of nitrogens with one attached hydrogen (secondary N) is 1. The van der Waals surface area contributed by atoms with Crippen LogP contribution in [0.5, 0.6) is 0 Å². The van der Waals surface area contributed by atoms with Crippen molar-refractivity contribution in [1.82, 2.24) is 9.97 Å². The van der Waals surface area contributed by atoms with Crippen LogP contribution in [0, 0.1) is 0 Å². The second kappa shape index (κ2) is 9.63. The van der Waals surface area contributed by atoms with E-state index in [0.717, 1.165) is 4.91 Å². The third-order valence-corrected chi connectivity index (χ3v) is 7.18. The van der Waals surface area contributed by atoms with E-state index < -0.39 is 16.0 Å². The number of thioether (sulfide) groups is 1. The highest BCUT2D eigenvalue weighted by Crippen LogP contribution is 2.37. The fourth-order valence-electron chi connectivity index (χ4n) is 3.06. The third-order valence-electron chi connectivity index (χ3n) is 4.65. The maximum absolute atomic E-state index is 13.0. The summed E-state index contributed by atoms with van der Waals surface area (Å²) >= 11 is 1.32. The lowest BCUT2D eigenvalue weighted by Gasteiger charge is -2.15. The molecule has 0 bridgehead atoms. The largest absolute Gasteiger partial charge is 0.613 e. The fourth-order valence-corrected chi connectivity index (χ4v) is 5.04. The number of hydrogen-bond acceptors (Lipinski definition) is 8. The summed E-state index contributed by atoms with van der Waals surface area (Å²) in [5, 5.41) is 12.9. The lowest BCUT2D eigenvalue weighted by Crippen LogP contribution is -2.15. The van der Waals surface area contributed by atoms with Gasteiger partial charge in [-0.3, -0.25) is 4.72 Å². The number of para-hydroxylation sites is 2. The van der Waals surface area contributed by atoms with Gasteiger partial charge in [-0.2, -0.15) is 0 Å². The average molecular weight is 482 g/mol. The molecule has 1 N–H and O–H groups in total. The van der Waals surface area contributed by atoms with Crippen LogP contribution >= 0.6 is 11.8 Å². The van der Waals surface area contributed by atoms with Gasteiger partial charge in [-0.25, -0.2) is 23.4 Å². The van der Waals surface area contributed by atoms with E-state index >= 15 is 0 Å². The van der Waals surface area contributed by atoms with Crippen molar-refractivity contribution in [3.05, 3.63) is 77.1 Å². The molecule has 8 nitrogen and oxygen atoms in total. The van der Waals surface area contributed by atoms with E-state index in [1.807, 2.05) is 6.92 Å². The molecule has 0 atom stereocenters. The minimum absolute atomic E-state index is 0.0289. The summed E-state index contributed by atoms with van der Waals surface area (Å²) in [6, 6.07) is 15.1. The molecule has 1 aliphatic heterocycles. The highest BCUT2D eigenvalue weighted by atomic mass is 32.2. The first-order chi connectivity index (χ1) is 15.9. The Morgan fingerprint density at radius 3 is 2.39 bits per heavy atom. The number of benzene rings is 2. The minimum atomic E-state index is -3.93. The van der Waals surface area contributed by atoms with Crippen LogP contribution in [0.4, 0.5) is 11.6 Å². The smallest absolute Gasteiger partial charge is 0.263 e. The summed E-state index contributed by atoms with van der Waals surface area (Å²) in [4.78, 5) is 14.6. The molecule has 0 amide bonds. The summed E-state index contributed by atoms with van der Waals surface area (Å²) in [5.74, 6) is -0.463. The maximum atomic E-state index is 13.0. The van der Waals surface area contributed by atoms with Crippen LogP contribution in [0.2, 0.25) is 0 Å². The van der Waals surface area contributed by atoms with E-state index in [4.69, 9.17) is 4.74 Å². The van der Waals surface area contributed by atoms with E-state index in [9.17, 15) is 13.5 Å². The monoisotopic (exact) mass is 481 g/mol. The molecule has 1 aliphatic rings. The van der Waals surface area contributed by atoms with Gasteiger partial charge in [-0.15, -0.1) is 0 Å². The number of hydrogen-bond donors (Lipinski definition) is 1. The van der Waals surface area contributed by atoms with Crippen molar-refractivity contribution < 1.29 is 18.3 Å². The zero-order valence-electron chi connectivity index (χ0n) is 18.0. The van der Waals surface area contributed by atoms with Gasteiger partial charge in [0.25, 0.3) is 10.0 Å². The predicted octanol–water partition coefficient (Wildman–Crippen LogP) is 4.11. The standard InChI is InChI=1S/C23H22N4O4S2/c1-3-15-14-17(23(28)31-4-2)22(32-15)26-20-21(25-19-13-9-8-12-18(19)24-20)27-33(29,30)16-10-6-5-7-11-16/h5-14,28H,3-4H2,1-2H3,(H,25,27)/p-1.